The van der Waals surface area contributed by atoms with E-state index in [4.69, 9.17) is 0 Å². The zero-order chi connectivity index (χ0) is 19.9. The summed E-state index contributed by atoms with van der Waals surface area (Å²) in [4.78, 5) is 21.7. The Hall–Kier alpha value is -2.54. The van der Waals surface area contributed by atoms with Gasteiger partial charge in [0.2, 0.25) is 5.91 Å². The first kappa shape index (κ1) is 19.8. The lowest BCUT2D eigenvalue weighted by atomic mass is 10.2. The molecule has 2 heterocycles. The molecular weight excluding hydrogens is 380 g/mol. The zero-order valence-electron chi connectivity index (χ0n) is 16.5. The van der Waals surface area contributed by atoms with Crippen LogP contribution >= 0.6 is 11.3 Å². The van der Waals surface area contributed by atoms with Crippen molar-refractivity contribution in [1.29, 1.82) is 0 Å². The maximum Gasteiger partial charge on any atom is 0.227 e. The minimum atomic E-state index is 0.0330. The van der Waals surface area contributed by atoms with Crippen molar-refractivity contribution in [3.8, 4) is 11.3 Å². The Bertz CT molecular complexity index is 905. The first-order chi connectivity index (χ1) is 14.3. The van der Waals surface area contributed by atoms with E-state index < -0.39 is 0 Å². The molecule has 1 N–H and O–H groups in total. The summed E-state index contributed by atoms with van der Waals surface area (Å²) in [5.41, 5.74) is 3.33. The highest BCUT2D eigenvalue weighted by Gasteiger charge is 2.18. The molecule has 0 unspecified atom stereocenters. The molecule has 3 aromatic rings. The molecule has 2 aromatic carbocycles. The number of nitrogens with one attached hydrogen (secondary N) is 1. The van der Waals surface area contributed by atoms with Gasteiger partial charge in [-0.15, -0.1) is 11.3 Å². The summed E-state index contributed by atoms with van der Waals surface area (Å²) in [5.74, 6) is 0.0330. The van der Waals surface area contributed by atoms with Crippen LogP contribution in [-0.2, 0) is 11.3 Å². The molecule has 0 saturated carbocycles. The molecule has 5 nitrogen and oxygen atoms in total. The number of thiazole rings is 1. The quantitative estimate of drug-likeness (QED) is 0.645. The molecule has 6 heteroatoms. The normalized spacial score (nSPS) is 15.3. The fraction of sp³-hybridized carbons (Fsp3) is 0.304. The van der Waals surface area contributed by atoms with Crippen LogP contribution in [0, 0.1) is 0 Å². The molecule has 1 fully saturated rings. The van der Waals surface area contributed by atoms with Crippen LogP contribution in [0.2, 0.25) is 0 Å². The van der Waals surface area contributed by atoms with Crippen molar-refractivity contribution in [2.24, 2.45) is 0 Å². The zero-order valence-corrected chi connectivity index (χ0v) is 17.3. The SMILES string of the molecule is O=C(CCN1CCN(Cc2ccccc2)CC1)Nc1nc(-c2ccccc2)cs1. The summed E-state index contributed by atoms with van der Waals surface area (Å²) in [6.07, 6.45) is 0.499. The average molecular weight is 407 g/mol. The number of nitrogens with zero attached hydrogens (tertiary/aromatic N) is 3. The second-order valence-electron chi connectivity index (χ2n) is 7.31. The van der Waals surface area contributed by atoms with Crippen molar-refractivity contribution in [2.45, 2.75) is 13.0 Å². The standard InChI is InChI=1S/C23H26N4OS/c28-22(25-23-24-21(18-29-23)20-9-5-2-6-10-20)11-12-26-13-15-27(16-14-26)17-19-7-3-1-4-8-19/h1-10,18H,11-17H2,(H,24,25,28). The van der Waals surface area contributed by atoms with E-state index >= 15 is 0 Å². The Morgan fingerprint density at radius 3 is 2.31 bits per heavy atom. The van der Waals surface area contributed by atoms with Crippen LogP contribution in [0.25, 0.3) is 11.3 Å². The predicted octanol–water partition coefficient (Wildman–Crippen LogP) is 3.96. The molecule has 0 radical (unpaired) electrons. The highest BCUT2D eigenvalue weighted by molar-refractivity contribution is 7.14. The van der Waals surface area contributed by atoms with Gasteiger partial charge in [0.15, 0.2) is 5.13 Å². The van der Waals surface area contributed by atoms with E-state index in [9.17, 15) is 4.79 Å². The summed E-state index contributed by atoms with van der Waals surface area (Å²) in [6, 6.07) is 20.6. The molecule has 29 heavy (non-hydrogen) atoms. The van der Waals surface area contributed by atoms with E-state index in [1.807, 2.05) is 35.7 Å². The van der Waals surface area contributed by atoms with Gasteiger partial charge in [0.05, 0.1) is 5.69 Å². The summed E-state index contributed by atoms with van der Waals surface area (Å²) in [5, 5.41) is 5.60. The molecule has 0 spiro atoms. The smallest absolute Gasteiger partial charge is 0.227 e. The van der Waals surface area contributed by atoms with Gasteiger partial charge in [-0.1, -0.05) is 60.7 Å². The highest BCUT2D eigenvalue weighted by Crippen LogP contribution is 2.24. The minimum Gasteiger partial charge on any atom is -0.302 e. The number of carbonyl (C=O) groups excluding carboxylic acids is 1. The fourth-order valence-corrected chi connectivity index (χ4v) is 4.26. The number of hydrogen-bond donors (Lipinski definition) is 1. The fourth-order valence-electron chi connectivity index (χ4n) is 3.53. The van der Waals surface area contributed by atoms with Gasteiger partial charge >= 0.3 is 0 Å². The second-order valence-corrected chi connectivity index (χ2v) is 8.16. The summed E-state index contributed by atoms with van der Waals surface area (Å²) < 4.78 is 0. The Morgan fingerprint density at radius 1 is 0.931 bits per heavy atom. The molecule has 4 rings (SSSR count). The van der Waals surface area contributed by atoms with Gasteiger partial charge in [-0.25, -0.2) is 4.98 Å². The Labute approximate surface area is 176 Å². The Morgan fingerprint density at radius 2 is 1.59 bits per heavy atom. The lowest BCUT2D eigenvalue weighted by Gasteiger charge is -2.34. The number of anilines is 1. The van der Waals surface area contributed by atoms with Crippen molar-refractivity contribution in [1.82, 2.24) is 14.8 Å². The maximum atomic E-state index is 12.3. The van der Waals surface area contributed by atoms with Crippen molar-refractivity contribution in [3.63, 3.8) is 0 Å². The highest BCUT2D eigenvalue weighted by atomic mass is 32.1. The summed E-state index contributed by atoms with van der Waals surface area (Å²) in [6.45, 7) is 5.91. The monoisotopic (exact) mass is 406 g/mol. The van der Waals surface area contributed by atoms with E-state index in [0.717, 1.165) is 50.5 Å². The van der Waals surface area contributed by atoms with Crippen molar-refractivity contribution in [3.05, 3.63) is 71.6 Å². The molecule has 1 aliphatic heterocycles. The van der Waals surface area contributed by atoms with Crippen molar-refractivity contribution in [2.75, 3.05) is 38.0 Å². The molecule has 1 amide bonds. The number of benzene rings is 2. The van der Waals surface area contributed by atoms with Crippen LogP contribution in [0.5, 0.6) is 0 Å². The largest absolute Gasteiger partial charge is 0.302 e. The molecule has 0 aliphatic carbocycles. The first-order valence-electron chi connectivity index (χ1n) is 10.1. The number of rotatable bonds is 7. The number of hydrogen-bond acceptors (Lipinski definition) is 5. The molecule has 1 aromatic heterocycles. The minimum absolute atomic E-state index is 0.0330. The second kappa shape index (κ2) is 9.78. The molecule has 0 atom stereocenters. The van der Waals surface area contributed by atoms with Gasteiger partial charge < -0.3 is 10.2 Å². The topological polar surface area (TPSA) is 48.5 Å². The third-order valence-electron chi connectivity index (χ3n) is 5.19. The van der Waals surface area contributed by atoms with Gasteiger partial charge in [-0.3, -0.25) is 9.69 Å². The van der Waals surface area contributed by atoms with Crippen molar-refractivity contribution < 1.29 is 4.79 Å². The molecule has 1 saturated heterocycles. The van der Waals surface area contributed by atoms with Crippen LogP contribution in [0.4, 0.5) is 5.13 Å². The molecule has 150 valence electrons. The lowest BCUT2D eigenvalue weighted by molar-refractivity contribution is -0.116. The van der Waals surface area contributed by atoms with Crippen LogP contribution in [0.1, 0.15) is 12.0 Å². The Kier molecular flexibility index (Phi) is 6.67. The van der Waals surface area contributed by atoms with E-state index in [2.05, 4.69) is 50.4 Å². The third-order valence-corrected chi connectivity index (χ3v) is 5.95. The van der Waals surface area contributed by atoms with Gasteiger partial charge in [-0.05, 0) is 5.56 Å². The summed E-state index contributed by atoms with van der Waals surface area (Å²) >= 11 is 1.47. The van der Waals surface area contributed by atoms with Crippen LogP contribution in [-0.4, -0.2) is 53.4 Å². The maximum absolute atomic E-state index is 12.3. The van der Waals surface area contributed by atoms with Gasteiger partial charge in [0, 0.05) is 56.6 Å². The number of carbonyl (C=O) groups is 1. The van der Waals surface area contributed by atoms with Crippen molar-refractivity contribution >= 4 is 22.4 Å². The molecule has 1 aliphatic rings. The van der Waals surface area contributed by atoms with E-state index in [1.165, 1.54) is 16.9 Å². The first-order valence-corrected chi connectivity index (χ1v) is 10.9. The average Bonchev–Trinajstić information content (AvgIpc) is 3.23. The predicted molar refractivity (Wildman–Crippen MR) is 119 cm³/mol. The molecule has 0 bridgehead atoms. The van der Waals surface area contributed by atoms with Gasteiger partial charge in [0.1, 0.15) is 0 Å². The van der Waals surface area contributed by atoms with E-state index in [-0.39, 0.29) is 5.91 Å². The Balaban J connectivity index is 1.18. The van der Waals surface area contributed by atoms with Crippen LogP contribution < -0.4 is 5.32 Å². The third kappa shape index (κ3) is 5.73. The number of amides is 1. The van der Waals surface area contributed by atoms with Gasteiger partial charge in [0.25, 0.3) is 0 Å². The lowest BCUT2D eigenvalue weighted by Crippen LogP contribution is -2.46. The van der Waals surface area contributed by atoms with E-state index in [1.54, 1.807) is 0 Å². The van der Waals surface area contributed by atoms with Gasteiger partial charge in [-0.2, -0.15) is 0 Å². The number of aromatic nitrogens is 1. The van der Waals surface area contributed by atoms with Crippen LogP contribution in [0.15, 0.2) is 66.0 Å². The van der Waals surface area contributed by atoms with E-state index in [0.29, 0.717) is 11.6 Å². The molecular formula is C23H26N4OS. The summed E-state index contributed by atoms with van der Waals surface area (Å²) in [7, 11) is 0. The number of piperazine rings is 1. The van der Waals surface area contributed by atoms with Crippen LogP contribution in [0.3, 0.4) is 0 Å².